The molecule has 0 bridgehead atoms. The van der Waals surface area contributed by atoms with Crippen molar-refractivity contribution in [1.82, 2.24) is 9.91 Å². The number of halogens is 2. The molecule has 2 aliphatic heterocycles. The van der Waals surface area contributed by atoms with Gasteiger partial charge in [-0.3, -0.25) is 4.90 Å². The van der Waals surface area contributed by atoms with E-state index in [9.17, 15) is 9.90 Å². The number of aliphatic hydroxyl groups excluding tert-OH is 2. The van der Waals surface area contributed by atoms with Crippen molar-refractivity contribution in [2.45, 2.75) is 24.9 Å². The molecule has 1 saturated heterocycles. The first-order chi connectivity index (χ1) is 9.46. The predicted octanol–water partition coefficient (Wildman–Crippen LogP) is -0.757. The average molecular weight is 510 g/mol. The van der Waals surface area contributed by atoms with E-state index in [-0.39, 0.29) is 25.4 Å². The molecule has 0 aromatic rings. The molecule has 0 aromatic heterocycles. The summed E-state index contributed by atoms with van der Waals surface area (Å²) in [6.07, 6.45) is -0.207. The van der Waals surface area contributed by atoms with Gasteiger partial charge in [-0.2, -0.15) is 0 Å². The van der Waals surface area contributed by atoms with Gasteiger partial charge in [0.15, 0.2) is 0 Å². The molecule has 0 aromatic carbocycles. The van der Waals surface area contributed by atoms with Gasteiger partial charge < -0.3 is 20.7 Å². The molecule has 3 atom stereocenters. The van der Waals surface area contributed by atoms with E-state index in [1.165, 1.54) is 4.90 Å². The first-order valence-corrected chi connectivity index (χ1v) is 11.2. The normalized spacial score (nSPS) is 30.1. The van der Waals surface area contributed by atoms with Gasteiger partial charge in [-0.05, 0) is 6.08 Å². The van der Waals surface area contributed by atoms with Crippen LogP contribution in [0.2, 0.25) is 0 Å². The Kier molecular flexibility index (Phi) is 7.53. The van der Waals surface area contributed by atoms with Crippen LogP contribution in [0.1, 0.15) is 6.42 Å². The number of rotatable bonds is 2. The summed E-state index contributed by atoms with van der Waals surface area (Å²) in [5.74, 6) is 5.65. The number of aliphatic hydroxyl groups is 2. The van der Waals surface area contributed by atoms with Crippen molar-refractivity contribution in [3.05, 3.63) is 11.9 Å². The SMILES string of the molecule is NC1=CCN([C@H]2C[C@H](O)[C@@H](CO)O2)C(=O)N1N.[Cl][Pt][Cl]. The number of urea groups is 1. The van der Waals surface area contributed by atoms with Crippen molar-refractivity contribution in [1.29, 1.82) is 0 Å². The Labute approximate surface area is 132 Å². The molecule has 6 N–H and O–H groups in total. The molecule has 2 amide bonds. The summed E-state index contributed by atoms with van der Waals surface area (Å²) in [6, 6.07) is -0.485. The Balaban J connectivity index is 0.000000612. The molecule has 120 valence electrons. The number of carbonyl (C=O) groups excluding carboxylic acids is 1. The third kappa shape index (κ3) is 4.21. The fourth-order valence-electron chi connectivity index (χ4n) is 1.93. The minimum absolute atomic E-state index is 0.184. The van der Waals surface area contributed by atoms with Gasteiger partial charge in [-0.1, -0.05) is 0 Å². The Hall–Kier alpha value is -0.0817. The molecule has 0 spiro atoms. The minimum atomic E-state index is -0.785. The van der Waals surface area contributed by atoms with Crippen LogP contribution in [-0.2, 0) is 21.2 Å². The predicted molar refractivity (Wildman–Crippen MR) is 68.5 cm³/mol. The molecule has 0 unspecified atom stereocenters. The molecule has 20 heavy (non-hydrogen) atoms. The van der Waals surface area contributed by atoms with Crippen LogP contribution < -0.4 is 11.6 Å². The summed E-state index contributed by atoms with van der Waals surface area (Å²) < 4.78 is 5.37. The molecule has 1 fully saturated rings. The molecule has 8 nitrogen and oxygen atoms in total. The van der Waals surface area contributed by atoms with Crippen LogP contribution in [0.5, 0.6) is 0 Å². The van der Waals surface area contributed by atoms with E-state index in [1.54, 1.807) is 6.08 Å². The topological polar surface area (TPSA) is 125 Å². The average Bonchev–Trinajstić information content (AvgIpc) is 2.78. The second-order valence-electron chi connectivity index (χ2n) is 4.09. The fourth-order valence-corrected chi connectivity index (χ4v) is 1.93. The maximum absolute atomic E-state index is 11.8. The zero-order chi connectivity index (χ0) is 15.3. The Morgan fingerprint density at radius 3 is 2.65 bits per heavy atom. The molecule has 2 rings (SSSR count). The van der Waals surface area contributed by atoms with Gasteiger partial charge in [0, 0.05) is 13.0 Å². The summed E-state index contributed by atoms with van der Waals surface area (Å²) in [4.78, 5) is 13.2. The fraction of sp³-hybridized carbons (Fsp3) is 0.667. The maximum atomic E-state index is 11.8. The third-order valence-corrected chi connectivity index (χ3v) is 2.96. The van der Waals surface area contributed by atoms with Gasteiger partial charge >= 0.3 is 41.3 Å². The van der Waals surface area contributed by atoms with E-state index in [0.29, 0.717) is 0 Å². The third-order valence-electron chi connectivity index (χ3n) is 2.96. The molecule has 2 aliphatic rings. The molecule has 2 heterocycles. The first kappa shape index (κ1) is 18.0. The molecular weight excluding hydrogens is 494 g/mol. The van der Waals surface area contributed by atoms with Crippen molar-refractivity contribution in [2.24, 2.45) is 11.6 Å². The van der Waals surface area contributed by atoms with Crippen LogP contribution in [-0.4, -0.2) is 57.7 Å². The van der Waals surface area contributed by atoms with Crippen molar-refractivity contribution in [3.63, 3.8) is 0 Å². The molecular formula is C9H16Cl2N4O4Pt. The van der Waals surface area contributed by atoms with Gasteiger partial charge in [-0.25, -0.2) is 15.6 Å². The number of amides is 2. The van der Waals surface area contributed by atoms with E-state index >= 15 is 0 Å². The van der Waals surface area contributed by atoms with Crippen molar-refractivity contribution < 1.29 is 36.2 Å². The van der Waals surface area contributed by atoms with Crippen molar-refractivity contribution >= 4 is 24.9 Å². The van der Waals surface area contributed by atoms with E-state index in [0.717, 1.165) is 5.01 Å². The quantitative estimate of drug-likeness (QED) is 0.286. The summed E-state index contributed by atoms with van der Waals surface area (Å²) in [6.45, 7) is -0.0160. The van der Waals surface area contributed by atoms with E-state index in [4.69, 9.17) is 40.3 Å². The zero-order valence-electron chi connectivity index (χ0n) is 10.3. The molecule has 11 heteroatoms. The van der Waals surface area contributed by atoms with Crippen LogP contribution >= 0.6 is 18.8 Å². The number of ether oxygens (including phenoxy) is 1. The zero-order valence-corrected chi connectivity index (χ0v) is 14.0. The van der Waals surface area contributed by atoms with Crippen LogP contribution in [0.3, 0.4) is 0 Å². The number of hydrogen-bond donors (Lipinski definition) is 4. The van der Waals surface area contributed by atoms with Crippen molar-refractivity contribution in [3.8, 4) is 0 Å². The van der Waals surface area contributed by atoms with Gasteiger partial charge in [-0.15, -0.1) is 0 Å². The first-order valence-electron chi connectivity index (χ1n) is 5.54. The van der Waals surface area contributed by atoms with Crippen molar-refractivity contribution in [2.75, 3.05) is 13.2 Å². The Morgan fingerprint density at radius 1 is 1.55 bits per heavy atom. The number of hydrazine groups is 1. The molecule has 0 saturated carbocycles. The Bertz CT molecular complexity index is 376. The number of hydrogen-bond acceptors (Lipinski definition) is 6. The summed E-state index contributed by atoms with van der Waals surface area (Å²) in [5, 5.41) is 19.4. The van der Waals surface area contributed by atoms with Crippen LogP contribution in [0.25, 0.3) is 0 Å². The van der Waals surface area contributed by atoms with E-state index in [1.807, 2.05) is 0 Å². The summed E-state index contributed by atoms with van der Waals surface area (Å²) in [7, 11) is 9.75. The van der Waals surface area contributed by atoms with Crippen LogP contribution in [0, 0.1) is 0 Å². The summed E-state index contributed by atoms with van der Waals surface area (Å²) in [5.41, 5.74) is 5.49. The van der Waals surface area contributed by atoms with Gasteiger partial charge in [0.2, 0.25) is 0 Å². The second-order valence-corrected chi connectivity index (χ2v) is 7.38. The second kappa shape index (κ2) is 8.38. The van der Waals surface area contributed by atoms with Gasteiger partial charge in [0.1, 0.15) is 18.2 Å². The van der Waals surface area contributed by atoms with Gasteiger partial charge in [0.25, 0.3) is 0 Å². The molecule has 0 radical (unpaired) electrons. The summed E-state index contributed by atoms with van der Waals surface area (Å²) >= 11 is -0.472. The standard InChI is InChI=1S/C9H16N4O4.2ClH.Pt/c10-7-1-2-12(9(16)13(7)11)8-3-5(15)6(4-14)17-8;;;/h1,5-6,8,14-15H,2-4,10-11H2;2*1H;/q;;;+2/p-2/t5-,6+,8+;;;/m0.../s1. The number of nitrogens with zero attached hydrogens (tertiary/aromatic N) is 2. The van der Waals surface area contributed by atoms with E-state index in [2.05, 4.69) is 0 Å². The number of carbonyl (C=O) groups is 1. The number of nitrogens with two attached hydrogens (primary N) is 2. The van der Waals surface area contributed by atoms with Crippen LogP contribution in [0.15, 0.2) is 11.9 Å². The monoisotopic (exact) mass is 509 g/mol. The van der Waals surface area contributed by atoms with E-state index < -0.39 is 40.9 Å². The molecule has 0 aliphatic carbocycles. The van der Waals surface area contributed by atoms with Crippen LogP contribution in [0.4, 0.5) is 4.79 Å². The van der Waals surface area contributed by atoms with Gasteiger partial charge in [0.05, 0.1) is 12.7 Å². The Morgan fingerprint density at radius 2 is 2.15 bits per heavy atom.